The van der Waals surface area contributed by atoms with Crippen molar-refractivity contribution < 1.29 is 19.4 Å². The van der Waals surface area contributed by atoms with Gasteiger partial charge in [-0.1, -0.05) is 0 Å². The van der Waals surface area contributed by atoms with E-state index in [2.05, 4.69) is 0 Å². The second-order valence-electron chi connectivity index (χ2n) is 3.33. The first-order valence-corrected chi connectivity index (χ1v) is 4.08. The minimum Gasteiger partial charge on any atom is -0.479 e. The fourth-order valence-electron chi connectivity index (χ4n) is 1.27. The Hall–Kier alpha value is -1.10. The SMILES string of the molecule is CC(=O)N1CCOC(C)(C(=O)O)C1. The number of aliphatic carboxylic acids is 1. The lowest BCUT2D eigenvalue weighted by Crippen LogP contribution is -2.55. The molecule has 0 aliphatic carbocycles. The highest BCUT2D eigenvalue weighted by molar-refractivity contribution is 5.80. The molecule has 1 unspecified atom stereocenters. The molecule has 1 saturated heterocycles. The number of carboxylic acid groups (broad SMARTS) is 1. The summed E-state index contributed by atoms with van der Waals surface area (Å²) >= 11 is 0. The summed E-state index contributed by atoms with van der Waals surface area (Å²) in [5.74, 6) is -1.14. The number of nitrogens with zero attached hydrogens (tertiary/aromatic N) is 1. The summed E-state index contributed by atoms with van der Waals surface area (Å²) < 4.78 is 5.11. The Morgan fingerprint density at radius 1 is 1.54 bits per heavy atom. The Kier molecular flexibility index (Phi) is 2.56. The van der Waals surface area contributed by atoms with Gasteiger partial charge in [0.1, 0.15) is 0 Å². The van der Waals surface area contributed by atoms with Gasteiger partial charge in [-0.25, -0.2) is 4.79 Å². The maximum Gasteiger partial charge on any atom is 0.337 e. The molecule has 0 spiro atoms. The number of ether oxygens (including phenoxy) is 1. The van der Waals surface area contributed by atoms with Crippen LogP contribution < -0.4 is 0 Å². The summed E-state index contributed by atoms with van der Waals surface area (Å²) in [5, 5.41) is 8.83. The number of carboxylic acids is 1. The molecule has 1 aliphatic heterocycles. The maximum atomic E-state index is 11.0. The number of carbonyl (C=O) groups is 2. The zero-order valence-corrected chi connectivity index (χ0v) is 7.74. The van der Waals surface area contributed by atoms with Gasteiger partial charge in [-0.2, -0.15) is 0 Å². The van der Waals surface area contributed by atoms with Crippen LogP contribution >= 0.6 is 0 Å². The molecule has 1 fully saturated rings. The lowest BCUT2D eigenvalue weighted by molar-refractivity contribution is -0.176. The third kappa shape index (κ3) is 1.98. The normalized spacial score (nSPS) is 28.6. The highest BCUT2D eigenvalue weighted by Gasteiger charge is 2.39. The molecule has 0 aromatic carbocycles. The predicted molar refractivity (Wildman–Crippen MR) is 44.2 cm³/mol. The Morgan fingerprint density at radius 3 is 2.62 bits per heavy atom. The van der Waals surface area contributed by atoms with Crippen LogP contribution in [0.15, 0.2) is 0 Å². The van der Waals surface area contributed by atoms with E-state index in [0.717, 1.165) is 0 Å². The molecule has 0 aromatic rings. The van der Waals surface area contributed by atoms with Gasteiger partial charge in [-0.3, -0.25) is 4.79 Å². The summed E-state index contributed by atoms with van der Waals surface area (Å²) in [5.41, 5.74) is -1.25. The lowest BCUT2D eigenvalue weighted by Gasteiger charge is -2.36. The molecule has 1 amide bonds. The number of hydrogen-bond donors (Lipinski definition) is 1. The van der Waals surface area contributed by atoms with E-state index in [0.29, 0.717) is 6.54 Å². The van der Waals surface area contributed by atoms with Crippen LogP contribution in [0.4, 0.5) is 0 Å². The van der Waals surface area contributed by atoms with Gasteiger partial charge >= 0.3 is 5.97 Å². The molecule has 1 aliphatic rings. The number of hydrogen-bond acceptors (Lipinski definition) is 3. The monoisotopic (exact) mass is 187 g/mol. The van der Waals surface area contributed by atoms with Crippen LogP contribution in [0.2, 0.25) is 0 Å². The fourth-order valence-corrected chi connectivity index (χ4v) is 1.27. The molecule has 1 rings (SSSR count). The van der Waals surface area contributed by atoms with E-state index < -0.39 is 11.6 Å². The number of amides is 1. The van der Waals surface area contributed by atoms with Gasteiger partial charge in [0.15, 0.2) is 5.60 Å². The molecule has 1 heterocycles. The van der Waals surface area contributed by atoms with Gasteiger partial charge in [-0.15, -0.1) is 0 Å². The highest BCUT2D eigenvalue weighted by Crippen LogP contribution is 2.17. The van der Waals surface area contributed by atoms with E-state index in [1.54, 1.807) is 0 Å². The molecule has 0 bridgehead atoms. The van der Waals surface area contributed by atoms with E-state index >= 15 is 0 Å². The molecule has 13 heavy (non-hydrogen) atoms. The molecule has 0 saturated carbocycles. The van der Waals surface area contributed by atoms with Crippen LogP contribution in [0.25, 0.3) is 0 Å². The molecule has 1 N–H and O–H groups in total. The van der Waals surface area contributed by atoms with Crippen molar-refractivity contribution in [1.82, 2.24) is 4.90 Å². The van der Waals surface area contributed by atoms with Gasteiger partial charge in [0, 0.05) is 13.5 Å². The molecule has 5 heteroatoms. The maximum absolute atomic E-state index is 11.0. The predicted octanol–water partition coefficient (Wildman–Crippen LogP) is -0.292. The van der Waals surface area contributed by atoms with Crippen molar-refractivity contribution in [1.29, 1.82) is 0 Å². The summed E-state index contributed by atoms with van der Waals surface area (Å²) in [6, 6.07) is 0. The zero-order chi connectivity index (χ0) is 10.1. The summed E-state index contributed by atoms with van der Waals surface area (Å²) in [7, 11) is 0. The molecular weight excluding hydrogens is 174 g/mol. The summed E-state index contributed by atoms with van der Waals surface area (Å²) in [6.45, 7) is 3.77. The minimum absolute atomic E-state index is 0.115. The lowest BCUT2D eigenvalue weighted by atomic mass is 10.1. The van der Waals surface area contributed by atoms with Gasteiger partial charge in [0.05, 0.1) is 13.2 Å². The smallest absolute Gasteiger partial charge is 0.337 e. The molecule has 0 aromatic heterocycles. The Balaban J connectivity index is 2.71. The van der Waals surface area contributed by atoms with Gasteiger partial charge < -0.3 is 14.7 Å². The quantitative estimate of drug-likeness (QED) is 0.612. The van der Waals surface area contributed by atoms with Gasteiger partial charge in [0.2, 0.25) is 5.91 Å². The van der Waals surface area contributed by atoms with Crippen molar-refractivity contribution in [3.63, 3.8) is 0 Å². The van der Waals surface area contributed by atoms with Crippen molar-refractivity contribution in [3.8, 4) is 0 Å². The Morgan fingerprint density at radius 2 is 2.15 bits per heavy atom. The third-order valence-electron chi connectivity index (χ3n) is 2.17. The second kappa shape index (κ2) is 3.33. The number of carbonyl (C=O) groups excluding carboxylic acids is 1. The van der Waals surface area contributed by atoms with Crippen LogP contribution in [0, 0.1) is 0 Å². The van der Waals surface area contributed by atoms with Crippen molar-refractivity contribution >= 4 is 11.9 Å². The fraction of sp³-hybridized carbons (Fsp3) is 0.750. The molecular formula is C8H13NO4. The Labute approximate surface area is 76.3 Å². The number of morpholine rings is 1. The Bertz CT molecular complexity index is 240. The van der Waals surface area contributed by atoms with Crippen molar-refractivity contribution in [2.24, 2.45) is 0 Å². The van der Waals surface area contributed by atoms with Gasteiger partial charge in [0.25, 0.3) is 0 Å². The van der Waals surface area contributed by atoms with Crippen LogP contribution in [-0.4, -0.2) is 47.2 Å². The average Bonchev–Trinajstić information content (AvgIpc) is 2.04. The van der Waals surface area contributed by atoms with Crippen molar-refractivity contribution in [3.05, 3.63) is 0 Å². The summed E-state index contributed by atoms with van der Waals surface area (Å²) in [4.78, 5) is 23.3. The van der Waals surface area contributed by atoms with Crippen LogP contribution in [-0.2, 0) is 14.3 Å². The third-order valence-corrected chi connectivity index (χ3v) is 2.17. The van der Waals surface area contributed by atoms with E-state index in [-0.39, 0.29) is 19.1 Å². The van der Waals surface area contributed by atoms with Crippen molar-refractivity contribution in [2.75, 3.05) is 19.7 Å². The topological polar surface area (TPSA) is 66.8 Å². The largest absolute Gasteiger partial charge is 0.479 e. The first kappa shape index (κ1) is 9.98. The van der Waals surface area contributed by atoms with Crippen LogP contribution in [0.3, 0.4) is 0 Å². The van der Waals surface area contributed by atoms with Crippen LogP contribution in [0.5, 0.6) is 0 Å². The summed E-state index contributed by atoms with van der Waals surface area (Å²) in [6.07, 6.45) is 0. The standard InChI is InChI=1S/C8H13NO4/c1-6(10)9-3-4-13-8(2,5-9)7(11)12/h3-5H2,1-2H3,(H,11,12). The molecule has 1 atom stereocenters. The molecule has 5 nitrogen and oxygen atoms in total. The molecule has 0 radical (unpaired) electrons. The number of rotatable bonds is 1. The van der Waals surface area contributed by atoms with E-state index in [1.165, 1.54) is 18.7 Å². The average molecular weight is 187 g/mol. The second-order valence-corrected chi connectivity index (χ2v) is 3.33. The first-order chi connectivity index (χ1) is 5.96. The van der Waals surface area contributed by atoms with Crippen LogP contribution in [0.1, 0.15) is 13.8 Å². The van der Waals surface area contributed by atoms with E-state index in [1.807, 2.05) is 0 Å². The van der Waals surface area contributed by atoms with Crippen molar-refractivity contribution in [2.45, 2.75) is 19.4 Å². The first-order valence-electron chi connectivity index (χ1n) is 4.08. The van der Waals surface area contributed by atoms with E-state index in [4.69, 9.17) is 9.84 Å². The zero-order valence-electron chi connectivity index (χ0n) is 7.74. The van der Waals surface area contributed by atoms with Gasteiger partial charge in [-0.05, 0) is 6.92 Å². The van der Waals surface area contributed by atoms with E-state index in [9.17, 15) is 9.59 Å². The molecule has 74 valence electrons. The minimum atomic E-state index is -1.25. The highest BCUT2D eigenvalue weighted by atomic mass is 16.5.